The van der Waals surface area contributed by atoms with Crippen LogP contribution >= 0.6 is 0 Å². The molecule has 3 nitrogen and oxygen atoms in total. The fourth-order valence-corrected chi connectivity index (χ4v) is 7.42. The number of nitrogens with one attached hydrogen (secondary N) is 1. The first-order valence-electron chi connectivity index (χ1n) is 10.8. The Morgan fingerprint density at radius 3 is 1.96 bits per heavy atom. The van der Waals surface area contributed by atoms with Gasteiger partial charge in [-0.25, -0.2) is 0 Å². The maximum atomic E-state index is 13.5. The third-order valence-electron chi connectivity index (χ3n) is 8.34. The zero-order valence-corrected chi connectivity index (χ0v) is 15.1. The van der Waals surface area contributed by atoms with E-state index in [1.807, 2.05) is 0 Å². The Hall–Kier alpha value is -0.570. The van der Waals surface area contributed by atoms with Crippen LogP contribution in [0.3, 0.4) is 0 Å². The monoisotopic (exact) mass is 330 g/mol. The second-order valence-electron chi connectivity index (χ2n) is 9.72. The Kier molecular flexibility index (Phi) is 3.92. The molecule has 0 aromatic carbocycles. The fraction of sp³-hybridized carbons (Fsp3) is 0.952. The van der Waals surface area contributed by atoms with Crippen LogP contribution in [0.5, 0.6) is 0 Å². The molecule has 5 saturated carbocycles. The summed E-state index contributed by atoms with van der Waals surface area (Å²) >= 11 is 0. The first-order valence-corrected chi connectivity index (χ1v) is 10.8. The van der Waals surface area contributed by atoms with Crippen LogP contribution in [0, 0.1) is 23.7 Å². The van der Waals surface area contributed by atoms with E-state index in [1.165, 1.54) is 64.2 Å². The molecule has 4 bridgehead atoms. The lowest BCUT2D eigenvalue weighted by Crippen LogP contribution is -2.64. The van der Waals surface area contributed by atoms with Gasteiger partial charge in [-0.05, 0) is 94.5 Å². The smallest absolute Gasteiger partial charge is 0.240 e. The summed E-state index contributed by atoms with van der Waals surface area (Å²) in [5, 5.41) is 3.67. The van der Waals surface area contributed by atoms with Crippen LogP contribution in [-0.2, 0) is 4.79 Å². The van der Waals surface area contributed by atoms with Gasteiger partial charge in [-0.3, -0.25) is 9.69 Å². The number of nitrogens with zero attached hydrogens (tertiary/aromatic N) is 1. The van der Waals surface area contributed by atoms with Crippen molar-refractivity contribution in [1.82, 2.24) is 10.2 Å². The van der Waals surface area contributed by atoms with E-state index in [0.717, 1.165) is 49.6 Å². The van der Waals surface area contributed by atoms with Gasteiger partial charge in [0.15, 0.2) is 0 Å². The third-order valence-corrected chi connectivity index (χ3v) is 8.34. The molecule has 1 N–H and O–H groups in total. The highest BCUT2D eigenvalue weighted by Crippen LogP contribution is 2.54. The van der Waals surface area contributed by atoms with Crippen molar-refractivity contribution in [3.05, 3.63) is 0 Å². The number of likely N-dealkylation sites (tertiary alicyclic amines) is 1. The van der Waals surface area contributed by atoms with E-state index in [-0.39, 0.29) is 5.54 Å². The Balaban J connectivity index is 1.34. The van der Waals surface area contributed by atoms with Crippen molar-refractivity contribution >= 4 is 5.91 Å². The van der Waals surface area contributed by atoms with Gasteiger partial charge in [-0.15, -0.1) is 0 Å². The molecule has 24 heavy (non-hydrogen) atoms. The van der Waals surface area contributed by atoms with Gasteiger partial charge in [-0.2, -0.15) is 0 Å². The van der Waals surface area contributed by atoms with Gasteiger partial charge >= 0.3 is 0 Å². The fourth-order valence-electron chi connectivity index (χ4n) is 7.42. The van der Waals surface area contributed by atoms with Crippen LogP contribution in [0.1, 0.15) is 77.0 Å². The second kappa shape index (κ2) is 6.00. The summed E-state index contributed by atoms with van der Waals surface area (Å²) in [6.07, 6.45) is 15.7. The first-order chi connectivity index (χ1) is 11.7. The number of rotatable bonds is 3. The highest BCUT2D eigenvalue weighted by atomic mass is 16.2. The van der Waals surface area contributed by atoms with Crippen LogP contribution < -0.4 is 5.32 Å². The molecule has 1 heterocycles. The highest BCUT2D eigenvalue weighted by molar-refractivity contribution is 5.87. The van der Waals surface area contributed by atoms with Crippen molar-refractivity contribution < 1.29 is 4.79 Å². The van der Waals surface area contributed by atoms with Crippen molar-refractivity contribution in [2.45, 2.75) is 88.6 Å². The lowest BCUT2D eigenvalue weighted by atomic mass is 9.54. The van der Waals surface area contributed by atoms with Crippen molar-refractivity contribution in [3.63, 3.8) is 0 Å². The Morgan fingerprint density at radius 2 is 1.38 bits per heavy atom. The van der Waals surface area contributed by atoms with Crippen molar-refractivity contribution in [2.75, 3.05) is 13.1 Å². The summed E-state index contributed by atoms with van der Waals surface area (Å²) in [6, 6.07) is 0.506. The molecular formula is C21H34N2O. The SMILES string of the molecule is O=C(NC1C2CC3CC(C2)CC1C3)C1(N2CCCC2)CCCCC1. The molecule has 0 radical (unpaired) electrons. The van der Waals surface area contributed by atoms with Crippen LogP contribution in [0.4, 0.5) is 0 Å². The Labute approximate surface area is 146 Å². The Morgan fingerprint density at radius 1 is 0.792 bits per heavy atom. The summed E-state index contributed by atoms with van der Waals surface area (Å²) in [6.45, 7) is 2.30. The molecule has 3 heteroatoms. The van der Waals surface area contributed by atoms with Gasteiger partial charge in [0.1, 0.15) is 5.54 Å². The van der Waals surface area contributed by atoms with Crippen molar-refractivity contribution in [3.8, 4) is 0 Å². The van der Waals surface area contributed by atoms with Gasteiger partial charge in [0.2, 0.25) is 5.91 Å². The largest absolute Gasteiger partial charge is 0.351 e. The van der Waals surface area contributed by atoms with Crippen LogP contribution in [-0.4, -0.2) is 35.5 Å². The first kappa shape index (κ1) is 15.7. The van der Waals surface area contributed by atoms with Crippen LogP contribution in [0.2, 0.25) is 0 Å². The summed E-state index contributed by atoms with van der Waals surface area (Å²) in [5.74, 6) is 3.99. The predicted molar refractivity (Wildman–Crippen MR) is 95.6 cm³/mol. The molecule has 0 spiro atoms. The summed E-state index contributed by atoms with van der Waals surface area (Å²) in [4.78, 5) is 16.1. The molecule has 6 aliphatic rings. The van der Waals surface area contributed by atoms with Crippen molar-refractivity contribution in [2.24, 2.45) is 23.7 Å². The minimum atomic E-state index is -0.149. The molecule has 0 unspecified atom stereocenters. The molecule has 1 saturated heterocycles. The predicted octanol–water partition coefficient (Wildman–Crippen LogP) is 3.73. The van der Waals surface area contributed by atoms with Crippen molar-refractivity contribution in [1.29, 1.82) is 0 Å². The van der Waals surface area contributed by atoms with Crippen LogP contribution in [0.15, 0.2) is 0 Å². The number of carbonyl (C=O) groups is 1. The zero-order valence-electron chi connectivity index (χ0n) is 15.1. The van der Waals surface area contributed by atoms with Crippen LogP contribution in [0.25, 0.3) is 0 Å². The molecule has 134 valence electrons. The lowest BCUT2D eigenvalue weighted by molar-refractivity contribution is -0.139. The summed E-state index contributed by atoms with van der Waals surface area (Å²) < 4.78 is 0. The summed E-state index contributed by atoms with van der Waals surface area (Å²) in [7, 11) is 0. The van der Waals surface area contributed by atoms with E-state index >= 15 is 0 Å². The van der Waals surface area contributed by atoms with E-state index in [9.17, 15) is 4.79 Å². The number of hydrogen-bond acceptors (Lipinski definition) is 2. The molecule has 0 aromatic heterocycles. The van der Waals surface area contributed by atoms with E-state index in [0.29, 0.717) is 11.9 Å². The quantitative estimate of drug-likeness (QED) is 0.855. The zero-order chi connectivity index (χ0) is 16.1. The van der Waals surface area contributed by atoms with Gasteiger partial charge < -0.3 is 5.32 Å². The normalized spacial score (nSPS) is 43.9. The van der Waals surface area contributed by atoms with Gasteiger partial charge in [0, 0.05) is 6.04 Å². The van der Waals surface area contributed by atoms with Gasteiger partial charge in [-0.1, -0.05) is 19.3 Å². The number of carbonyl (C=O) groups excluding carboxylic acids is 1. The standard InChI is InChI=1S/C21H34N2O/c24-20(21(6-2-1-3-7-21)23-8-4-5-9-23)22-19-17-11-15-10-16(13-17)14-18(19)12-15/h15-19H,1-14H2,(H,22,24). The molecule has 6 rings (SSSR count). The molecule has 0 atom stereocenters. The molecule has 1 aliphatic heterocycles. The van der Waals surface area contributed by atoms with E-state index in [2.05, 4.69) is 10.2 Å². The van der Waals surface area contributed by atoms with E-state index in [4.69, 9.17) is 0 Å². The summed E-state index contributed by atoms with van der Waals surface area (Å²) in [5.41, 5.74) is -0.149. The number of hydrogen-bond donors (Lipinski definition) is 1. The minimum absolute atomic E-state index is 0.149. The van der Waals surface area contributed by atoms with Gasteiger partial charge in [0.05, 0.1) is 0 Å². The maximum absolute atomic E-state index is 13.5. The van der Waals surface area contributed by atoms with Gasteiger partial charge in [0.25, 0.3) is 0 Å². The highest BCUT2D eigenvalue weighted by Gasteiger charge is 2.51. The lowest BCUT2D eigenvalue weighted by Gasteiger charge is -2.55. The number of amides is 1. The average molecular weight is 331 g/mol. The average Bonchev–Trinajstić information content (AvgIpc) is 3.13. The molecule has 6 fully saturated rings. The maximum Gasteiger partial charge on any atom is 0.240 e. The topological polar surface area (TPSA) is 32.3 Å². The molecular weight excluding hydrogens is 296 g/mol. The third kappa shape index (κ3) is 2.45. The van der Waals surface area contributed by atoms with E-state index < -0.39 is 0 Å². The second-order valence-corrected chi connectivity index (χ2v) is 9.72. The Bertz CT molecular complexity index is 462. The minimum Gasteiger partial charge on any atom is -0.351 e. The molecule has 5 aliphatic carbocycles. The van der Waals surface area contributed by atoms with E-state index in [1.54, 1.807) is 0 Å². The molecule has 0 aromatic rings. The molecule has 1 amide bonds.